The molecule has 0 unspecified atom stereocenters. The lowest BCUT2D eigenvalue weighted by Crippen LogP contribution is -2.38. The summed E-state index contributed by atoms with van der Waals surface area (Å²) in [6.45, 7) is 0.954. The quantitative estimate of drug-likeness (QED) is 0.574. The summed E-state index contributed by atoms with van der Waals surface area (Å²) in [6.07, 6.45) is 0. The van der Waals surface area contributed by atoms with E-state index in [0.717, 1.165) is 0 Å². The Bertz CT molecular complexity index is 332. The molecule has 1 N–H and O–H groups in total. The summed E-state index contributed by atoms with van der Waals surface area (Å²) in [7, 11) is 0. The van der Waals surface area contributed by atoms with Gasteiger partial charge in [-0.05, 0) is 12.1 Å². The second kappa shape index (κ2) is 3.65. The van der Waals surface area contributed by atoms with Gasteiger partial charge >= 0.3 is 0 Å². The van der Waals surface area contributed by atoms with Gasteiger partial charge in [0.1, 0.15) is 5.69 Å². The molecule has 1 aromatic heterocycles. The first kappa shape index (κ1) is 9.17. The van der Waals surface area contributed by atoms with Crippen LogP contribution in [-0.4, -0.2) is 28.7 Å². The molecule has 13 heavy (non-hydrogen) atoms. The van der Waals surface area contributed by atoms with Gasteiger partial charge in [0.15, 0.2) is 5.69 Å². The van der Waals surface area contributed by atoms with E-state index < -0.39 is 18.4 Å². The van der Waals surface area contributed by atoms with Crippen LogP contribution in [0.4, 0.5) is 0 Å². The van der Waals surface area contributed by atoms with Crippen LogP contribution < -0.4 is 10.4 Å². The average Bonchev–Trinajstić information content (AvgIpc) is 2.47. The number of amides is 1. The highest BCUT2D eigenvalue weighted by atomic mass is 16.6. The third-order valence-corrected chi connectivity index (χ3v) is 1.26. The molecule has 1 rings (SSSR count). The predicted molar refractivity (Wildman–Crippen MR) is 36.4 cm³/mol. The molecule has 0 radical (unpaired) electrons. The van der Waals surface area contributed by atoms with Crippen LogP contribution in [0.3, 0.4) is 0 Å². The minimum absolute atomic E-state index is 0.0266. The van der Waals surface area contributed by atoms with Crippen LogP contribution in [0.5, 0.6) is 0 Å². The Hall–Kier alpha value is -1.92. The van der Waals surface area contributed by atoms with Crippen LogP contribution in [0.2, 0.25) is 0 Å². The zero-order valence-electron chi connectivity index (χ0n) is 6.73. The third-order valence-electron chi connectivity index (χ3n) is 1.26. The lowest BCUT2D eigenvalue weighted by Gasteiger charge is -2.02. The van der Waals surface area contributed by atoms with Crippen LogP contribution in [-0.2, 0) is 4.79 Å². The van der Waals surface area contributed by atoms with Crippen molar-refractivity contribution < 1.29 is 19.3 Å². The molecule has 70 valence electrons. The van der Waals surface area contributed by atoms with Gasteiger partial charge in [-0.3, -0.25) is 4.79 Å². The van der Waals surface area contributed by atoms with Crippen LogP contribution in [0, 0.1) is 6.92 Å². The van der Waals surface area contributed by atoms with Crippen LogP contribution in [0.15, 0.2) is 4.63 Å². The first-order valence-corrected chi connectivity index (χ1v) is 3.38. The van der Waals surface area contributed by atoms with E-state index in [9.17, 15) is 14.7 Å². The maximum absolute atomic E-state index is 11.1. The highest BCUT2D eigenvalue weighted by Gasteiger charge is 2.13. The van der Waals surface area contributed by atoms with Gasteiger partial charge < -0.3 is 15.2 Å². The monoisotopic (exact) mass is 184 g/mol. The number of aliphatic carboxylic acids is 1. The Morgan fingerprint density at radius 3 is 2.69 bits per heavy atom. The molecule has 1 heterocycles. The number of carboxylic acids is 1. The first-order chi connectivity index (χ1) is 6.11. The average molecular weight is 184 g/mol. The van der Waals surface area contributed by atoms with Crippen LogP contribution in [0.25, 0.3) is 0 Å². The topological polar surface area (TPSA) is 108 Å². The van der Waals surface area contributed by atoms with E-state index in [4.69, 9.17) is 0 Å². The van der Waals surface area contributed by atoms with Gasteiger partial charge in [0, 0.05) is 0 Å². The molecule has 0 aliphatic rings. The van der Waals surface area contributed by atoms with E-state index in [0.29, 0.717) is 5.69 Å². The molecule has 0 aliphatic heterocycles. The van der Waals surface area contributed by atoms with Crippen molar-refractivity contribution in [1.29, 1.82) is 0 Å². The van der Waals surface area contributed by atoms with Gasteiger partial charge in [-0.2, -0.15) is 0 Å². The summed E-state index contributed by atoms with van der Waals surface area (Å²) in [4.78, 5) is 21.0. The van der Waals surface area contributed by atoms with E-state index in [1.165, 1.54) is 6.92 Å². The van der Waals surface area contributed by atoms with Crippen molar-refractivity contribution in [1.82, 2.24) is 15.6 Å². The number of rotatable bonds is 3. The summed E-state index contributed by atoms with van der Waals surface area (Å²) in [5, 5.41) is 18.7. The van der Waals surface area contributed by atoms with Crippen molar-refractivity contribution in [3.63, 3.8) is 0 Å². The zero-order valence-corrected chi connectivity index (χ0v) is 6.73. The number of aryl methyl sites for hydroxylation is 1. The smallest absolute Gasteiger partial charge is 0.275 e. The molecule has 0 atom stereocenters. The molecular formula is C6H6N3O4-. The zero-order chi connectivity index (χ0) is 9.84. The van der Waals surface area contributed by atoms with Crippen molar-refractivity contribution in [2.24, 2.45) is 0 Å². The predicted octanol–water partition coefficient (Wildman–Crippen LogP) is -2.14. The molecule has 0 aliphatic carbocycles. The fourth-order valence-electron chi connectivity index (χ4n) is 0.674. The fraction of sp³-hybridized carbons (Fsp3) is 0.333. The number of aromatic nitrogens is 2. The van der Waals surface area contributed by atoms with Gasteiger partial charge in [-0.25, -0.2) is 4.63 Å². The highest BCUT2D eigenvalue weighted by molar-refractivity contribution is 5.94. The molecule has 0 spiro atoms. The molecule has 0 saturated carbocycles. The number of nitrogens with zero attached hydrogens (tertiary/aromatic N) is 2. The molecule has 7 heteroatoms. The number of carboxylic acid groups (broad SMARTS) is 1. The van der Waals surface area contributed by atoms with Crippen molar-refractivity contribution in [3.05, 3.63) is 11.4 Å². The van der Waals surface area contributed by atoms with Gasteiger partial charge in [0.05, 0.1) is 12.5 Å². The van der Waals surface area contributed by atoms with Crippen LogP contribution >= 0.6 is 0 Å². The minimum Gasteiger partial charge on any atom is -0.548 e. The van der Waals surface area contributed by atoms with Gasteiger partial charge in [0.25, 0.3) is 5.91 Å². The standard InChI is InChI=1S/C6H7N3O4/c1-3-5(9-13-8-3)6(12)7-2-4(10)11/h2H2,1H3,(H,7,12)(H,10,11)/p-1. The summed E-state index contributed by atoms with van der Waals surface area (Å²) in [6, 6.07) is 0. The number of carbonyl (C=O) groups excluding carboxylic acids is 2. The van der Waals surface area contributed by atoms with Gasteiger partial charge in [-0.15, -0.1) is 0 Å². The SMILES string of the molecule is Cc1nonc1C(=O)NCC(=O)[O-]. The van der Waals surface area contributed by atoms with E-state index >= 15 is 0 Å². The van der Waals surface area contributed by atoms with Crippen LogP contribution in [0.1, 0.15) is 16.2 Å². The normalized spacial score (nSPS) is 9.62. The highest BCUT2D eigenvalue weighted by Crippen LogP contribution is 1.98. The molecule has 0 aromatic carbocycles. The summed E-state index contributed by atoms with van der Waals surface area (Å²) in [5.41, 5.74) is 0.275. The van der Waals surface area contributed by atoms with Crippen molar-refractivity contribution in [2.75, 3.05) is 6.54 Å². The largest absolute Gasteiger partial charge is 0.548 e. The van der Waals surface area contributed by atoms with E-state index in [2.05, 4.69) is 20.3 Å². The van der Waals surface area contributed by atoms with Crippen molar-refractivity contribution in [2.45, 2.75) is 6.92 Å². The molecule has 7 nitrogen and oxygen atoms in total. The second-order valence-corrected chi connectivity index (χ2v) is 2.25. The molecule has 0 fully saturated rings. The molecule has 1 aromatic rings. The van der Waals surface area contributed by atoms with E-state index in [1.807, 2.05) is 0 Å². The summed E-state index contributed by atoms with van der Waals surface area (Å²) >= 11 is 0. The van der Waals surface area contributed by atoms with Gasteiger partial charge in [-0.1, -0.05) is 5.16 Å². The Morgan fingerprint density at radius 2 is 2.23 bits per heavy atom. The second-order valence-electron chi connectivity index (χ2n) is 2.25. The third kappa shape index (κ3) is 2.26. The van der Waals surface area contributed by atoms with E-state index in [1.54, 1.807) is 0 Å². The summed E-state index contributed by atoms with van der Waals surface area (Å²) in [5.74, 6) is -2.02. The first-order valence-electron chi connectivity index (χ1n) is 3.38. The number of nitrogens with one attached hydrogen (secondary N) is 1. The number of hydrogen-bond donors (Lipinski definition) is 1. The Kier molecular flexibility index (Phi) is 2.58. The molecule has 0 bridgehead atoms. The van der Waals surface area contributed by atoms with Gasteiger partial charge in [0.2, 0.25) is 0 Å². The van der Waals surface area contributed by atoms with E-state index in [-0.39, 0.29) is 5.69 Å². The Morgan fingerprint density at radius 1 is 1.54 bits per heavy atom. The maximum Gasteiger partial charge on any atom is 0.275 e. The lowest BCUT2D eigenvalue weighted by atomic mass is 10.3. The Balaban J connectivity index is 2.59. The number of hydrogen-bond acceptors (Lipinski definition) is 6. The maximum atomic E-state index is 11.1. The van der Waals surface area contributed by atoms with Crippen molar-refractivity contribution >= 4 is 11.9 Å². The Labute approximate surface area is 72.7 Å². The van der Waals surface area contributed by atoms with Crippen molar-refractivity contribution in [3.8, 4) is 0 Å². The molecular weight excluding hydrogens is 178 g/mol. The fourth-order valence-corrected chi connectivity index (χ4v) is 0.674. The summed E-state index contributed by atoms with van der Waals surface area (Å²) < 4.78 is 4.25. The molecule has 1 amide bonds. The lowest BCUT2D eigenvalue weighted by molar-refractivity contribution is -0.303. The molecule has 0 saturated heterocycles. The minimum atomic E-state index is -1.37. The number of carbonyl (C=O) groups is 2.